The molecule has 0 N–H and O–H groups in total. The molecule has 0 radical (unpaired) electrons. The molecule has 2 aromatic heterocycles. The van der Waals surface area contributed by atoms with E-state index in [-0.39, 0.29) is 0 Å². The van der Waals surface area contributed by atoms with Crippen molar-refractivity contribution in [2.45, 2.75) is 26.7 Å². The van der Waals surface area contributed by atoms with Gasteiger partial charge in [-0.1, -0.05) is 25.4 Å². The van der Waals surface area contributed by atoms with Gasteiger partial charge in [-0.25, -0.2) is 9.97 Å². The fourth-order valence-corrected chi connectivity index (χ4v) is 1.66. The molecule has 0 spiro atoms. The first-order chi connectivity index (χ1) is 7.58. The van der Waals surface area contributed by atoms with Gasteiger partial charge in [-0.05, 0) is 25.0 Å². The lowest BCUT2D eigenvalue weighted by atomic mass is 10.1. The Hall–Kier alpha value is -1.35. The molecule has 0 unspecified atom stereocenters. The van der Waals surface area contributed by atoms with Gasteiger partial charge in [0.1, 0.15) is 10.9 Å². The Balaban J connectivity index is 2.54. The van der Waals surface area contributed by atoms with E-state index in [0.717, 1.165) is 17.0 Å². The number of halogens is 1. The second kappa shape index (κ2) is 4.26. The van der Waals surface area contributed by atoms with Crippen molar-refractivity contribution in [3.63, 3.8) is 0 Å². The summed E-state index contributed by atoms with van der Waals surface area (Å²) in [6.45, 7) is 6.03. The summed E-state index contributed by atoms with van der Waals surface area (Å²) in [6, 6.07) is 3.65. The summed E-state index contributed by atoms with van der Waals surface area (Å²) in [7, 11) is 0. The Morgan fingerprint density at radius 2 is 2.06 bits per heavy atom. The average Bonchev–Trinajstić information content (AvgIpc) is 2.63. The number of nitrogens with zero attached hydrogens (tertiary/aromatic N) is 2. The lowest BCUT2D eigenvalue weighted by molar-refractivity contribution is 0.535. The Morgan fingerprint density at radius 1 is 1.31 bits per heavy atom. The largest absolute Gasteiger partial charge is 0.469 e. The van der Waals surface area contributed by atoms with Gasteiger partial charge in [-0.15, -0.1) is 0 Å². The lowest BCUT2D eigenvalue weighted by Crippen LogP contribution is -1.98. The number of rotatable bonds is 2. The molecule has 0 aliphatic rings. The van der Waals surface area contributed by atoms with Gasteiger partial charge in [0.05, 0.1) is 11.8 Å². The molecule has 0 saturated carbocycles. The Labute approximate surface area is 99.5 Å². The molecule has 4 heteroatoms. The van der Waals surface area contributed by atoms with E-state index in [4.69, 9.17) is 16.0 Å². The van der Waals surface area contributed by atoms with Crippen LogP contribution in [0.3, 0.4) is 0 Å². The Morgan fingerprint density at radius 3 is 2.62 bits per heavy atom. The van der Waals surface area contributed by atoms with Crippen LogP contribution in [0.5, 0.6) is 0 Å². The van der Waals surface area contributed by atoms with Crippen LogP contribution in [-0.4, -0.2) is 9.97 Å². The molecule has 0 fully saturated rings. The fraction of sp³-hybridized carbons (Fsp3) is 0.333. The first-order valence-electron chi connectivity index (χ1n) is 5.17. The van der Waals surface area contributed by atoms with Gasteiger partial charge in [0, 0.05) is 5.69 Å². The van der Waals surface area contributed by atoms with Crippen LogP contribution >= 0.6 is 11.6 Å². The predicted molar refractivity (Wildman–Crippen MR) is 63.6 cm³/mol. The van der Waals surface area contributed by atoms with Crippen molar-refractivity contribution in [3.05, 3.63) is 35.0 Å². The predicted octanol–water partition coefficient (Wildman–Crippen LogP) is 3.82. The van der Waals surface area contributed by atoms with E-state index in [9.17, 15) is 0 Å². The normalized spacial score (nSPS) is 11.1. The van der Waals surface area contributed by atoms with Crippen molar-refractivity contribution in [2.24, 2.45) is 0 Å². The summed E-state index contributed by atoms with van der Waals surface area (Å²) in [6.07, 6.45) is 1.63. The first-order valence-corrected chi connectivity index (χ1v) is 5.54. The highest BCUT2D eigenvalue weighted by Crippen LogP contribution is 2.24. The number of aryl methyl sites for hydroxylation is 1. The van der Waals surface area contributed by atoms with Crippen LogP contribution in [0.2, 0.25) is 5.15 Å². The van der Waals surface area contributed by atoms with Crippen LogP contribution in [0.1, 0.15) is 31.2 Å². The average molecular weight is 237 g/mol. The molecule has 0 atom stereocenters. The summed E-state index contributed by atoms with van der Waals surface area (Å²) in [4.78, 5) is 8.69. The molecule has 0 aliphatic carbocycles. The molecule has 0 amide bonds. The van der Waals surface area contributed by atoms with Crippen LogP contribution in [0.25, 0.3) is 11.4 Å². The number of hydrogen-bond acceptors (Lipinski definition) is 3. The second-order valence-electron chi connectivity index (χ2n) is 3.98. The van der Waals surface area contributed by atoms with E-state index in [2.05, 4.69) is 23.8 Å². The van der Waals surface area contributed by atoms with Crippen LogP contribution < -0.4 is 0 Å². The third-order valence-corrected chi connectivity index (χ3v) is 2.60. The SMILES string of the molecule is Cc1occc1-c1nc(Cl)cc(C(C)C)n1. The van der Waals surface area contributed by atoms with Crippen LogP contribution in [0, 0.1) is 6.92 Å². The van der Waals surface area contributed by atoms with E-state index >= 15 is 0 Å². The molecule has 0 aliphatic heterocycles. The second-order valence-corrected chi connectivity index (χ2v) is 4.37. The maximum absolute atomic E-state index is 5.98. The van der Waals surface area contributed by atoms with Gasteiger partial charge in [-0.2, -0.15) is 0 Å². The fourth-order valence-electron chi connectivity index (χ4n) is 1.47. The van der Waals surface area contributed by atoms with E-state index in [0.29, 0.717) is 16.9 Å². The van der Waals surface area contributed by atoms with Crippen molar-refractivity contribution < 1.29 is 4.42 Å². The summed E-state index contributed by atoms with van der Waals surface area (Å²) in [5, 5.41) is 0.467. The van der Waals surface area contributed by atoms with Gasteiger partial charge in [-0.3, -0.25) is 0 Å². The van der Waals surface area contributed by atoms with Gasteiger partial charge < -0.3 is 4.42 Å². The summed E-state index contributed by atoms with van der Waals surface area (Å²) >= 11 is 5.98. The van der Waals surface area contributed by atoms with E-state index in [1.807, 2.05) is 13.0 Å². The molecule has 0 aromatic carbocycles. The molecule has 2 heterocycles. The smallest absolute Gasteiger partial charge is 0.164 e. The zero-order valence-electron chi connectivity index (χ0n) is 9.49. The molecule has 16 heavy (non-hydrogen) atoms. The summed E-state index contributed by atoms with van der Waals surface area (Å²) in [5.74, 6) is 1.76. The third-order valence-electron chi connectivity index (χ3n) is 2.41. The maximum atomic E-state index is 5.98. The van der Waals surface area contributed by atoms with Gasteiger partial charge in [0.15, 0.2) is 5.82 Å². The quantitative estimate of drug-likeness (QED) is 0.744. The maximum Gasteiger partial charge on any atom is 0.164 e. The minimum Gasteiger partial charge on any atom is -0.469 e. The number of aromatic nitrogens is 2. The summed E-state index contributed by atoms with van der Waals surface area (Å²) < 4.78 is 5.24. The van der Waals surface area contributed by atoms with Crippen molar-refractivity contribution in [3.8, 4) is 11.4 Å². The standard InChI is InChI=1S/C12H13ClN2O/c1-7(2)10-6-11(13)15-12(14-10)9-4-5-16-8(9)3/h4-7H,1-3H3. The van der Waals surface area contributed by atoms with Gasteiger partial charge in [0.2, 0.25) is 0 Å². The molecule has 0 bridgehead atoms. The molecular weight excluding hydrogens is 224 g/mol. The summed E-state index contributed by atoms with van der Waals surface area (Å²) in [5.41, 5.74) is 1.83. The topological polar surface area (TPSA) is 38.9 Å². The van der Waals surface area contributed by atoms with Crippen molar-refractivity contribution in [1.29, 1.82) is 0 Å². The van der Waals surface area contributed by atoms with Crippen molar-refractivity contribution in [2.75, 3.05) is 0 Å². The zero-order valence-corrected chi connectivity index (χ0v) is 10.2. The van der Waals surface area contributed by atoms with Crippen LogP contribution in [-0.2, 0) is 0 Å². The number of hydrogen-bond donors (Lipinski definition) is 0. The number of furan rings is 1. The first kappa shape index (κ1) is 11.1. The highest BCUT2D eigenvalue weighted by Gasteiger charge is 2.11. The van der Waals surface area contributed by atoms with E-state index in [1.54, 1.807) is 12.3 Å². The molecule has 0 saturated heterocycles. The molecular formula is C12H13ClN2O. The monoisotopic (exact) mass is 236 g/mol. The highest BCUT2D eigenvalue weighted by molar-refractivity contribution is 6.29. The van der Waals surface area contributed by atoms with Crippen LogP contribution in [0.15, 0.2) is 22.8 Å². The van der Waals surface area contributed by atoms with Crippen molar-refractivity contribution in [1.82, 2.24) is 9.97 Å². The minimum atomic E-state index is 0.325. The zero-order chi connectivity index (χ0) is 11.7. The Bertz CT molecular complexity index is 505. The van der Waals surface area contributed by atoms with Crippen LogP contribution in [0.4, 0.5) is 0 Å². The third kappa shape index (κ3) is 2.09. The van der Waals surface area contributed by atoms with Gasteiger partial charge in [0.25, 0.3) is 0 Å². The molecule has 2 rings (SSSR count). The van der Waals surface area contributed by atoms with E-state index < -0.39 is 0 Å². The minimum absolute atomic E-state index is 0.325. The lowest BCUT2D eigenvalue weighted by Gasteiger charge is -2.06. The highest BCUT2D eigenvalue weighted by atomic mass is 35.5. The molecule has 2 aromatic rings. The molecule has 84 valence electrons. The van der Waals surface area contributed by atoms with E-state index in [1.165, 1.54) is 0 Å². The van der Waals surface area contributed by atoms with Crippen molar-refractivity contribution >= 4 is 11.6 Å². The molecule has 3 nitrogen and oxygen atoms in total. The van der Waals surface area contributed by atoms with Gasteiger partial charge >= 0.3 is 0 Å². The Kier molecular flexibility index (Phi) is 2.97.